The van der Waals surface area contributed by atoms with Crippen LogP contribution in [0.4, 0.5) is 5.82 Å². The molecule has 0 aliphatic rings. The van der Waals surface area contributed by atoms with Crippen LogP contribution in [0.15, 0.2) is 30.7 Å². The molecular formula is C12H12N4O2. The Morgan fingerprint density at radius 3 is 2.83 bits per heavy atom. The molecule has 2 N–H and O–H groups in total. The fraction of sp³-hybridized carbons (Fsp3) is 0.167. The summed E-state index contributed by atoms with van der Waals surface area (Å²) >= 11 is 0. The highest BCUT2D eigenvalue weighted by molar-refractivity contribution is 5.92. The van der Waals surface area contributed by atoms with Crippen molar-refractivity contribution in [2.75, 3.05) is 5.32 Å². The lowest BCUT2D eigenvalue weighted by Gasteiger charge is -2.07. The summed E-state index contributed by atoms with van der Waals surface area (Å²) in [5, 5.41) is 11.9. The fourth-order valence-corrected chi connectivity index (χ4v) is 1.40. The molecule has 0 aliphatic carbocycles. The second-order valence-electron chi connectivity index (χ2n) is 3.71. The Bertz CT molecular complexity index is 554. The number of carboxylic acid groups (broad SMARTS) is 1. The Kier molecular flexibility index (Phi) is 3.47. The standard InChI is InChI=1S/C12H12N4O2/c1-8-5-15-9(6-14-8)7-16-11-10(12(17)18)3-2-4-13-11/h2-6H,7H2,1H3,(H,13,16)(H,17,18). The van der Waals surface area contributed by atoms with Crippen molar-refractivity contribution in [3.05, 3.63) is 47.7 Å². The zero-order chi connectivity index (χ0) is 13.0. The molecule has 0 spiro atoms. The highest BCUT2D eigenvalue weighted by Gasteiger charge is 2.09. The van der Waals surface area contributed by atoms with Gasteiger partial charge in [0.1, 0.15) is 11.4 Å². The van der Waals surface area contributed by atoms with Gasteiger partial charge in [0.25, 0.3) is 0 Å². The minimum atomic E-state index is -1.01. The summed E-state index contributed by atoms with van der Waals surface area (Å²) in [5.74, 6) is -0.687. The number of aromatic carboxylic acids is 1. The van der Waals surface area contributed by atoms with Gasteiger partial charge in [-0.1, -0.05) is 0 Å². The van der Waals surface area contributed by atoms with E-state index in [2.05, 4.69) is 20.3 Å². The average molecular weight is 244 g/mol. The Morgan fingerprint density at radius 2 is 2.17 bits per heavy atom. The van der Waals surface area contributed by atoms with E-state index in [1.165, 1.54) is 12.3 Å². The van der Waals surface area contributed by atoms with Gasteiger partial charge in [0.2, 0.25) is 0 Å². The van der Waals surface area contributed by atoms with E-state index in [0.29, 0.717) is 12.4 Å². The molecule has 0 aromatic carbocycles. The Balaban J connectivity index is 2.10. The molecule has 0 amide bonds. The predicted octanol–water partition coefficient (Wildman–Crippen LogP) is 1.49. The highest BCUT2D eigenvalue weighted by atomic mass is 16.4. The van der Waals surface area contributed by atoms with Gasteiger partial charge in [-0.15, -0.1) is 0 Å². The number of aromatic nitrogens is 3. The third-order valence-electron chi connectivity index (χ3n) is 2.31. The monoisotopic (exact) mass is 244 g/mol. The maximum atomic E-state index is 11.0. The summed E-state index contributed by atoms with van der Waals surface area (Å²) in [6.45, 7) is 2.23. The van der Waals surface area contributed by atoms with Gasteiger partial charge < -0.3 is 10.4 Å². The molecule has 2 aromatic heterocycles. The van der Waals surface area contributed by atoms with Crippen molar-refractivity contribution < 1.29 is 9.90 Å². The normalized spacial score (nSPS) is 10.1. The van der Waals surface area contributed by atoms with E-state index >= 15 is 0 Å². The molecule has 2 aromatic rings. The Morgan fingerprint density at radius 1 is 1.33 bits per heavy atom. The van der Waals surface area contributed by atoms with Crippen LogP contribution in [0.1, 0.15) is 21.7 Å². The van der Waals surface area contributed by atoms with Gasteiger partial charge in [0.15, 0.2) is 0 Å². The first kappa shape index (κ1) is 12.0. The molecule has 0 unspecified atom stereocenters. The van der Waals surface area contributed by atoms with E-state index in [1.54, 1.807) is 18.5 Å². The largest absolute Gasteiger partial charge is 0.478 e. The van der Waals surface area contributed by atoms with Crippen LogP contribution in [0.3, 0.4) is 0 Å². The van der Waals surface area contributed by atoms with Crippen LogP contribution in [-0.4, -0.2) is 26.0 Å². The van der Waals surface area contributed by atoms with Crippen LogP contribution < -0.4 is 5.32 Å². The van der Waals surface area contributed by atoms with Crippen LogP contribution in [0.5, 0.6) is 0 Å². The van der Waals surface area contributed by atoms with Crippen LogP contribution in [-0.2, 0) is 6.54 Å². The first-order valence-corrected chi connectivity index (χ1v) is 5.36. The number of pyridine rings is 1. The smallest absolute Gasteiger partial charge is 0.339 e. The zero-order valence-corrected chi connectivity index (χ0v) is 9.79. The Hall–Kier alpha value is -2.50. The van der Waals surface area contributed by atoms with Gasteiger partial charge in [0.05, 0.1) is 24.1 Å². The number of rotatable bonds is 4. The summed E-state index contributed by atoms with van der Waals surface area (Å²) in [7, 11) is 0. The first-order chi connectivity index (χ1) is 8.66. The molecular weight excluding hydrogens is 232 g/mol. The van der Waals surface area contributed by atoms with E-state index < -0.39 is 5.97 Å². The molecule has 0 radical (unpaired) electrons. The highest BCUT2D eigenvalue weighted by Crippen LogP contribution is 2.12. The second-order valence-corrected chi connectivity index (χ2v) is 3.71. The molecule has 6 nitrogen and oxygen atoms in total. The average Bonchev–Trinajstić information content (AvgIpc) is 2.38. The van der Waals surface area contributed by atoms with E-state index in [-0.39, 0.29) is 5.56 Å². The number of hydrogen-bond acceptors (Lipinski definition) is 5. The first-order valence-electron chi connectivity index (χ1n) is 5.36. The molecule has 0 aliphatic heterocycles. The molecule has 2 heterocycles. The predicted molar refractivity (Wildman–Crippen MR) is 65.3 cm³/mol. The molecule has 92 valence electrons. The molecule has 6 heteroatoms. The third kappa shape index (κ3) is 2.79. The number of nitrogens with one attached hydrogen (secondary N) is 1. The molecule has 0 atom stereocenters. The van der Waals surface area contributed by atoms with Crippen LogP contribution in [0, 0.1) is 6.92 Å². The molecule has 0 fully saturated rings. The van der Waals surface area contributed by atoms with Crippen molar-refractivity contribution in [1.82, 2.24) is 15.0 Å². The second kappa shape index (κ2) is 5.22. The lowest BCUT2D eigenvalue weighted by Crippen LogP contribution is -2.09. The van der Waals surface area contributed by atoms with Crippen molar-refractivity contribution in [2.45, 2.75) is 13.5 Å². The van der Waals surface area contributed by atoms with Gasteiger partial charge in [-0.2, -0.15) is 0 Å². The summed E-state index contributed by atoms with van der Waals surface area (Å²) < 4.78 is 0. The number of nitrogens with zero attached hydrogens (tertiary/aromatic N) is 3. The van der Waals surface area contributed by atoms with Gasteiger partial charge in [-0.05, 0) is 19.1 Å². The number of aryl methyl sites for hydroxylation is 1. The minimum Gasteiger partial charge on any atom is -0.478 e. The fourth-order valence-electron chi connectivity index (χ4n) is 1.40. The maximum Gasteiger partial charge on any atom is 0.339 e. The summed E-state index contributed by atoms with van der Waals surface area (Å²) in [6, 6.07) is 3.08. The number of carboxylic acids is 1. The van der Waals surface area contributed by atoms with Crippen molar-refractivity contribution in [2.24, 2.45) is 0 Å². The molecule has 0 saturated heterocycles. The number of hydrogen-bond donors (Lipinski definition) is 2. The van der Waals surface area contributed by atoms with Gasteiger partial charge in [-0.25, -0.2) is 9.78 Å². The van der Waals surface area contributed by atoms with Gasteiger partial charge >= 0.3 is 5.97 Å². The molecule has 0 bridgehead atoms. The SMILES string of the molecule is Cc1cnc(CNc2ncccc2C(=O)O)cn1. The van der Waals surface area contributed by atoms with Crippen molar-refractivity contribution in [1.29, 1.82) is 0 Å². The topological polar surface area (TPSA) is 88.0 Å². The van der Waals surface area contributed by atoms with E-state index in [0.717, 1.165) is 11.4 Å². The third-order valence-corrected chi connectivity index (χ3v) is 2.31. The van der Waals surface area contributed by atoms with Gasteiger partial charge in [0, 0.05) is 12.4 Å². The zero-order valence-electron chi connectivity index (χ0n) is 9.79. The van der Waals surface area contributed by atoms with Crippen LogP contribution in [0.2, 0.25) is 0 Å². The number of carbonyl (C=O) groups is 1. The molecule has 2 rings (SSSR count). The van der Waals surface area contributed by atoms with Crippen LogP contribution in [0.25, 0.3) is 0 Å². The lowest BCUT2D eigenvalue weighted by molar-refractivity contribution is 0.0697. The lowest BCUT2D eigenvalue weighted by atomic mass is 10.2. The summed E-state index contributed by atoms with van der Waals surface area (Å²) in [5.41, 5.74) is 1.70. The van der Waals surface area contributed by atoms with E-state index in [4.69, 9.17) is 5.11 Å². The quantitative estimate of drug-likeness (QED) is 0.847. The summed E-state index contributed by atoms with van der Waals surface area (Å²) in [6.07, 6.45) is 4.84. The molecule has 18 heavy (non-hydrogen) atoms. The van der Waals surface area contributed by atoms with Crippen molar-refractivity contribution in [3.63, 3.8) is 0 Å². The van der Waals surface area contributed by atoms with Crippen molar-refractivity contribution >= 4 is 11.8 Å². The van der Waals surface area contributed by atoms with Gasteiger partial charge in [-0.3, -0.25) is 9.97 Å². The van der Waals surface area contributed by atoms with E-state index in [1.807, 2.05) is 6.92 Å². The molecule has 0 saturated carbocycles. The Labute approximate surface area is 104 Å². The van der Waals surface area contributed by atoms with Crippen molar-refractivity contribution in [3.8, 4) is 0 Å². The summed E-state index contributed by atoms with van der Waals surface area (Å²) in [4.78, 5) is 23.2. The minimum absolute atomic E-state index is 0.137. The van der Waals surface area contributed by atoms with Crippen LogP contribution >= 0.6 is 0 Å². The number of anilines is 1. The maximum absolute atomic E-state index is 11.0. The van der Waals surface area contributed by atoms with E-state index in [9.17, 15) is 4.79 Å².